The van der Waals surface area contributed by atoms with E-state index in [1.54, 1.807) is 19.2 Å². The summed E-state index contributed by atoms with van der Waals surface area (Å²) in [6, 6.07) is 7.09. The summed E-state index contributed by atoms with van der Waals surface area (Å²) in [5, 5.41) is 2.64. The summed E-state index contributed by atoms with van der Waals surface area (Å²) in [6.45, 7) is -2.75. The van der Waals surface area contributed by atoms with Gasteiger partial charge in [0.2, 0.25) is 10.0 Å². The quantitative estimate of drug-likeness (QED) is 0.769. The maximum Gasteiger partial charge on any atom is 0.387 e. The molecule has 0 aliphatic rings. The van der Waals surface area contributed by atoms with E-state index in [0.717, 1.165) is 0 Å². The Kier molecular flexibility index (Phi) is 5.75. The van der Waals surface area contributed by atoms with Crippen LogP contribution in [0.4, 0.5) is 8.78 Å². The first-order valence-corrected chi connectivity index (χ1v) is 8.63. The third-order valence-corrected chi connectivity index (χ3v) is 4.77. The normalized spacial score (nSPS) is 11.6. The summed E-state index contributed by atoms with van der Waals surface area (Å²) >= 11 is 0. The van der Waals surface area contributed by atoms with Gasteiger partial charge in [0.25, 0.3) is 5.91 Å². The second kappa shape index (κ2) is 7.62. The minimum Gasteiger partial charge on any atom is -0.435 e. The molecule has 7 nitrogen and oxygen atoms in total. The second-order valence-corrected chi connectivity index (χ2v) is 6.97. The second-order valence-electron chi connectivity index (χ2n) is 5.08. The van der Waals surface area contributed by atoms with Crippen molar-refractivity contribution in [2.45, 2.75) is 18.1 Å². The summed E-state index contributed by atoms with van der Waals surface area (Å²) in [5.74, 6) is -0.442. The molecular formula is C15H17F2N3O4S. The molecule has 0 bridgehead atoms. The van der Waals surface area contributed by atoms with Crippen LogP contribution in [0, 0.1) is 0 Å². The van der Waals surface area contributed by atoms with Crippen molar-refractivity contribution in [2.75, 3.05) is 7.05 Å². The van der Waals surface area contributed by atoms with Crippen LogP contribution in [0.2, 0.25) is 0 Å². The van der Waals surface area contributed by atoms with Crippen molar-refractivity contribution >= 4 is 15.9 Å². The summed E-state index contributed by atoms with van der Waals surface area (Å²) < 4.78 is 55.5. The van der Waals surface area contributed by atoms with Crippen LogP contribution in [0.25, 0.3) is 0 Å². The van der Waals surface area contributed by atoms with Crippen molar-refractivity contribution in [1.29, 1.82) is 0 Å². The number of hydrogen-bond donors (Lipinski definition) is 2. The largest absolute Gasteiger partial charge is 0.435 e. The van der Waals surface area contributed by atoms with Gasteiger partial charge in [0, 0.05) is 19.8 Å². The number of nitrogens with zero attached hydrogens (tertiary/aromatic N) is 1. The number of hydrogen-bond acceptors (Lipinski definition) is 4. The van der Waals surface area contributed by atoms with E-state index < -0.39 is 22.5 Å². The van der Waals surface area contributed by atoms with Gasteiger partial charge in [-0.25, -0.2) is 13.1 Å². The molecule has 2 aromatic rings. The van der Waals surface area contributed by atoms with Crippen molar-refractivity contribution in [3.05, 3.63) is 47.8 Å². The maximum atomic E-state index is 12.2. The number of benzene rings is 1. The molecule has 136 valence electrons. The van der Waals surface area contributed by atoms with Crippen molar-refractivity contribution in [3.8, 4) is 5.75 Å². The molecule has 0 aliphatic heterocycles. The number of carbonyl (C=O) groups is 1. The summed E-state index contributed by atoms with van der Waals surface area (Å²) in [4.78, 5) is 12.2. The molecule has 1 aromatic heterocycles. The van der Waals surface area contributed by atoms with E-state index in [1.807, 2.05) is 0 Å². The molecule has 1 heterocycles. The number of nitrogens with one attached hydrogen (secondary N) is 2. The van der Waals surface area contributed by atoms with Gasteiger partial charge in [-0.2, -0.15) is 8.78 Å². The van der Waals surface area contributed by atoms with Crippen LogP contribution in [0.15, 0.2) is 41.4 Å². The minimum absolute atomic E-state index is 0.0175. The fourth-order valence-corrected chi connectivity index (χ4v) is 2.89. The lowest BCUT2D eigenvalue weighted by Crippen LogP contribution is -2.24. The highest BCUT2D eigenvalue weighted by molar-refractivity contribution is 7.89. The van der Waals surface area contributed by atoms with E-state index in [4.69, 9.17) is 0 Å². The number of carbonyl (C=O) groups excluding carboxylic acids is 1. The van der Waals surface area contributed by atoms with Gasteiger partial charge in [0.15, 0.2) is 0 Å². The average Bonchev–Trinajstić information content (AvgIpc) is 2.96. The lowest BCUT2D eigenvalue weighted by Gasteiger charge is -2.08. The Morgan fingerprint density at radius 1 is 1.28 bits per heavy atom. The Labute approximate surface area is 143 Å². The molecular weight excluding hydrogens is 356 g/mol. The Bertz CT molecular complexity index is 848. The molecule has 1 amide bonds. The average molecular weight is 373 g/mol. The Morgan fingerprint density at radius 2 is 1.92 bits per heavy atom. The monoisotopic (exact) mass is 373 g/mol. The summed E-state index contributed by atoms with van der Waals surface area (Å²) in [6.07, 6.45) is 1.33. The highest BCUT2D eigenvalue weighted by Gasteiger charge is 2.19. The van der Waals surface area contributed by atoms with Gasteiger partial charge in [-0.05, 0) is 30.8 Å². The van der Waals surface area contributed by atoms with E-state index in [9.17, 15) is 22.0 Å². The zero-order chi connectivity index (χ0) is 18.6. The molecule has 25 heavy (non-hydrogen) atoms. The van der Waals surface area contributed by atoms with Crippen molar-refractivity contribution in [3.63, 3.8) is 0 Å². The van der Waals surface area contributed by atoms with Crippen LogP contribution in [-0.2, 0) is 23.6 Å². The molecule has 0 fully saturated rings. The fourth-order valence-electron chi connectivity index (χ4n) is 2.09. The third-order valence-electron chi connectivity index (χ3n) is 3.39. The van der Waals surface area contributed by atoms with Gasteiger partial charge in [0.05, 0.1) is 0 Å². The van der Waals surface area contributed by atoms with Gasteiger partial charge in [-0.1, -0.05) is 12.1 Å². The number of aromatic nitrogens is 1. The molecule has 0 saturated carbocycles. The van der Waals surface area contributed by atoms with Gasteiger partial charge in [-0.15, -0.1) is 0 Å². The highest BCUT2D eigenvalue weighted by Crippen LogP contribution is 2.16. The summed E-state index contributed by atoms with van der Waals surface area (Å²) in [7, 11) is -0.804. The molecule has 2 N–H and O–H groups in total. The van der Waals surface area contributed by atoms with Crippen LogP contribution in [0.3, 0.4) is 0 Å². The third kappa shape index (κ3) is 4.77. The fraction of sp³-hybridized carbons (Fsp3) is 0.267. The molecule has 0 radical (unpaired) electrons. The SMILES string of the molecule is CNS(=O)(=O)c1cc(C(=O)NCc2ccc(OC(F)F)cc2)n(C)c1. The highest BCUT2D eigenvalue weighted by atomic mass is 32.2. The zero-order valence-corrected chi connectivity index (χ0v) is 14.3. The van der Waals surface area contributed by atoms with E-state index in [0.29, 0.717) is 5.56 Å². The number of amides is 1. The molecule has 0 unspecified atom stereocenters. The lowest BCUT2D eigenvalue weighted by molar-refractivity contribution is -0.0498. The summed E-state index contributed by atoms with van der Waals surface area (Å²) in [5.41, 5.74) is 0.846. The van der Waals surface area contributed by atoms with Crippen LogP contribution in [0.1, 0.15) is 16.1 Å². The number of rotatable bonds is 7. The minimum atomic E-state index is -3.64. The molecule has 0 saturated heterocycles. The van der Waals surface area contributed by atoms with Crippen LogP contribution in [0.5, 0.6) is 5.75 Å². The Balaban J connectivity index is 2.03. The molecule has 0 atom stereocenters. The first-order valence-electron chi connectivity index (χ1n) is 7.15. The van der Waals surface area contributed by atoms with Gasteiger partial charge in [-0.3, -0.25) is 4.79 Å². The van der Waals surface area contributed by atoms with Gasteiger partial charge in [0.1, 0.15) is 16.3 Å². The zero-order valence-electron chi connectivity index (χ0n) is 13.5. The first-order chi connectivity index (χ1) is 11.7. The Hall–Kier alpha value is -2.46. The van der Waals surface area contributed by atoms with Gasteiger partial charge < -0.3 is 14.6 Å². The number of sulfonamides is 1. The molecule has 0 aliphatic carbocycles. The molecule has 10 heteroatoms. The predicted octanol–water partition coefficient (Wildman–Crippen LogP) is 1.46. The topological polar surface area (TPSA) is 89.4 Å². The van der Waals surface area contributed by atoms with E-state index >= 15 is 0 Å². The van der Waals surface area contributed by atoms with Crippen molar-refractivity contribution in [2.24, 2.45) is 7.05 Å². The Morgan fingerprint density at radius 3 is 2.48 bits per heavy atom. The van der Waals surface area contributed by atoms with Crippen LogP contribution < -0.4 is 14.8 Å². The lowest BCUT2D eigenvalue weighted by atomic mass is 10.2. The van der Waals surface area contributed by atoms with Crippen molar-refractivity contribution < 1.29 is 26.7 Å². The van der Waals surface area contributed by atoms with Crippen LogP contribution in [-0.4, -0.2) is 32.6 Å². The van der Waals surface area contributed by atoms with E-state index in [2.05, 4.69) is 14.8 Å². The molecule has 1 aromatic carbocycles. The number of halogens is 2. The number of aryl methyl sites for hydroxylation is 1. The predicted molar refractivity (Wildman–Crippen MR) is 85.9 cm³/mol. The smallest absolute Gasteiger partial charge is 0.387 e. The van der Waals surface area contributed by atoms with Gasteiger partial charge >= 0.3 is 6.61 Å². The maximum absolute atomic E-state index is 12.2. The van der Waals surface area contributed by atoms with E-state index in [-0.39, 0.29) is 22.9 Å². The number of alkyl halides is 2. The standard InChI is InChI=1S/C15H17F2N3O4S/c1-18-25(22,23)12-7-13(20(2)9-12)14(21)19-8-10-3-5-11(6-4-10)24-15(16)17/h3-7,9,15,18H,8H2,1-2H3,(H,19,21). The molecule has 0 spiro atoms. The first kappa shape index (κ1) is 18.9. The number of ether oxygens (including phenoxy) is 1. The van der Waals surface area contributed by atoms with E-state index in [1.165, 1.54) is 36.0 Å². The van der Waals surface area contributed by atoms with Crippen molar-refractivity contribution in [1.82, 2.24) is 14.6 Å². The van der Waals surface area contributed by atoms with Crippen LogP contribution >= 0.6 is 0 Å². The molecule has 2 rings (SSSR count).